The van der Waals surface area contributed by atoms with E-state index in [1.54, 1.807) is 0 Å². The van der Waals surface area contributed by atoms with Crippen LogP contribution in [0, 0.1) is 6.57 Å². The van der Waals surface area contributed by atoms with Crippen molar-refractivity contribution in [3.05, 3.63) is 39.9 Å². The van der Waals surface area contributed by atoms with E-state index in [9.17, 15) is 8.42 Å². The smallest absolute Gasteiger partial charge is 0.187 e. The normalized spacial score (nSPS) is 10.8. The largest absolute Gasteiger partial charge is 0.458 e. The highest BCUT2D eigenvalue weighted by atomic mass is 35.5. The third-order valence-electron chi connectivity index (χ3n) is 1.35. The molecule has 0 fully saturated rings. The van der Waals surface area contributed by atoms with Gasteiger partial charge in [-0.05, 0) is 0 Å². The lowest BCUT2D eigenvalue weighted by atomic mass is 10.3. The molecule has 0 aromatic heterocycles. The fourth-order valence-electron chi connectivity index (χ4n) is 0.732. The van der Waals surface area contributed by atoms with Gasteiger partial charge in [0.25, 0.3) is 0 Å². The quantitative estimate of drug-likeness (QED) is 0.712. The molecular formula is C7H4ClN2O2S-. The number of hydrogen-bond donors (Lipinski definition) is 0. The molecule has 0 aliphatic rings. The van der Waals surface area contributed by atoms with Crippen LogP contribution in [0.15, 0.2) is 29.2 Å². The van der Waals surface area contributed by atoms with Crippen LogP contribution in [0.4, 0.5) is 5.69 Å². The van der Waals surface area contributed by atoms with Gasteiger partial charge in [0, 0.05) is 4.90 Å². The number of hydrogen-bond acceptors (Lipinski definition) is 2. The number of nitrogens with zero attached hydrogens (tertiary/aromatic N) is 2. The van der Waals surface area contributed by atoms with Crippen LogP contribution in [0.5, 0.6) is 0 Å². The van der Waals surface area contributed by atoms with Crippen LogP contribution in [-0.2, 0) is 10.0 Å². The van der Waals surface area contributed by atoms with E-state index >= 15 is 0 Å². The fourth-order valence-corrected chi connectivity index (χ4v) is 1.53. The van der Waals surface area contributed by atoms with Crippen LogP contribution in [0.25, 0.3) is 9.09 Å². The van der Waals surface area contributed by atoms with E-state index in [0.29, 0.717) is 5.69 Å². The molecule has 0 bridgehead atoms. The number of rotatable bonds is 2. The Kier molecular flexibility index (Phi) is 2.88. The van der Waals surface area contributed by atoms with Crippen LogP contribution in [0.2, 0.25) is 0 Å². The molecule has 0 N–H and O–H groups in total. The first kappa shape index (κ1) is 9.99. The molecule has 13 heavy (non-hydrogen) atoms. The van der Waals surface area contributed by atoms with Gasteiger partial charge in [0.2, 0.25) is 0 Å². The molecule has 4 nitrogen and oxygen atoms in total. The van der Waals surface area contributed by atoms with Gasteiger partial charge >= 0.3 is 0 Å². The summed E-state index contributed by atoms with van der Waals surface area (Å²) in [6.45, 7) is 6.64. The third kappa shape index (κ3) is 2.18. The maximum absolute atomic E-state index is 11.0. The van der Waals surface area contributed by atoms with Gasteiger partial charge in [-0.1, -0.05) is 24.3 Å². The van der Waals surface area contributed by atoms with Gasteiger partial charge in [-0.2, -0.15) is 0 Å². The first-order valence-electron chi connectivity index (χ1n) is 3.16. The zero-order chi connectivity index (χ0) is 9.90. The van der Waals surface area contributed by atoms with E-state index in [2.05, 4.69) is 9.09 Å². The van der Waals surface area contributed by atoms with Crippen molar-refractivity contribution in [1.29, 1.82) is 0 Å². The Morgan fingerprint density at radius 1 is 1.31 bits per heavy atom. The maximum atomic E-state index is 11.0. The average Bonchev–Trinajstić information content (AvgIpc) is 2.18. The standard InChI is InChI=1S/C7H4ClN2O2S/c1-9-6-2-4-7(5-3-6)13(11,12)10-8/h2-5H/q-1. The Labute approximate surface area is 81.1 Å². The highest BCUT2D eigenvalue weighted by Crippen LogP contribution is 2.21. The van der Waals surface area contributed by atoms with E-state index in [-0.39, 0.29) is 4.90 Å². The average molecular weight is 216 g/mol. The minimum Gasteiger partial charge on any atom is -0.458 e. The predicted molar refractivity (Wildman–Crippen MR) is 49.1 cm³/mol. The second-order valence-corrected chi connectivity index (χ2v) is 4.12. The van der Waals surface area contributed by atoms with E-state index in [0.717, 1.165) is 0 Å². The molecule has 0 unspecified atom stereocenters. The van der Waals surface area contributed by atoms with Crippen LogP contribution in [0.1, 0.15) is 0 Å². The maximum Gasteiger partial charge on any atom is 0.187 e. The number of halogens is 1. The summed E-state index contributed by atoms with van der Waals surface area (Å²) in [5.41, 5.74) is 0.369. The Morgan fingerprint density at radius 3 is 2.23 bits per heavy atom. The van der Waals surface area contributed by atoms with Gasteiger partial charge in [0.15, 0.2) is 5.69 Å². The summed E-state index contributed by atoms with van der Waals surface area (Å²) in [7, 11) is -3.74. The van der Waals surface area contributed by atoms with Crippen molar-refractivity contribution in [2.45, 2.75) is 4.90 Å². The van der Waals surface area contributed by atoms with Crippen LogP contribution < -0.4 is 0 Å². The summed E-state index contributed by atoms with van der Waals surface area (Å²) in [5.74, 6) is 0. The predicted octanol–water partition coefficient (Wildman–Crippen LogP) is 2.45. The molecule has 0 saturated heterocycles. The molecule has 0 amide bonds. The molecule has 1 aromatic carbocycles. The van der Waals surface area contributed by atoms with Crippen molar-refractivity contribution in [3.8, 4) is 0 Å². The lowest BCUT2D eigenvalue weighted by Crippen LogP contribution is -1.94. The minimum atomic E-state index is -3.74. The summed E-state index contributed by atoms with van der Waals surface area (Å²) >= 11 is 4.88. The molecule has 0 aliphatic carbocycles. The Balaban J connectivity index is 3.15. The summed E-state index contributed by atoms with van der Waals surface area (Å²) < 4.78 is 24.8. The second kappa shape index (κ2) is 3.75. The molecule has 0 spiro atoms. The van der Waals surface area contributed by atoms with Crippen molar-refractivity contribution in [1.82, 2.24) is 0 Å². The van der Waals surface area contributed by atoms with Crippen molar-refractivity contribution >= 4 is 27.5 Å². The van der Waals surface area contributed by atoms with Gasteiger partial charge in [0.1, 0.15) is 10.0 Å². The zero-order valence-corrected chi connectivity index (χ0v) is 7.88. The second-order valence-electron chi connectivity index (χ2n) is 2.15. The van der Waals surface area contributed by atoms with Crippen LogP contribution in [-0.4, -0.2) is 8.42 Å². The van der Waals surface area contributed by atoms with Gasteiger partial charge in [-0.3, -0.25) is 11.8 Å². The van der Waals surface area contributed by atoms with Crippen molar-refractivity contribution in [2.24, 2.45) is 0 Å². The summed E-state index contributed by atoms with van der Waals surface area (Å²) in [6.07, 6.45) is 0. The first-order chi connectivity index (χ1) is 6.10. The summed E-state index contributed by atoms with van der Waals surface area (Å²) in [5, 5.41) is 0. The highest BCUT2D eigenvalue weighted by molar-refractivity contribution is 7.95. The van der Waals surface area contributed by atoms with Crippen molar-refractivity contribution < 1.29 is 8.42 Å². The third-order valence-corrected chi connectivity index (χ3v) is 2.95. The van der Waals surface area contributed by atoms with Crippen LogP contribution >= 0.6 is 11.8 Å². The summed E-state index contributed by atoms with van der Waals surface area (Å²) in [6, 6.07) is 5.35. The topological polar surface area (TPSA) is 52.6 Å². The lowest BCUT2D eigenvalue weighted by molar-refractivity contribution is 0.604. The van der Waals surface area contributed by atoms with Gasteiger partial charge in [0.05, 0.1) is 6.57 Å². The highest BCUT2D eigenvalue weighted by Gasteiger charge is 2.02. The monoisotopic (exact) mass is 215 g/mol. The molecule has 0 saturated carbocycles. The van der Waals surface area contributed by atoms with Gasteiger partial charge < -0.3 is 4.24 Å². The van der Waals surface area contributed by atoms with Crippen LogP contribution in [0.3, 0.4) is 0 Å². The number of sulfonamides is 1. The van der Waals surface area contributed by atoms with E-state index in [1.807, 2.05) is 0 Å². The minimum absolute atomic E-state index is 0.0186. The summed E-state index contributed by atoms with van der Waals surface area (Å²) in [4.78, 5) is 3.09. The van der Waals surface area contributed by atoms with Gasteiger partial charge in [-0.25, -0.2) is 13.3 Å². The molecule has 68 valence electrons. The SMILES string of the molecule is [C-]#[N+]c1ccc(S(=O)(=O)[N-]Cl)cc1. The van der Waals surface area contributed by atoms with Crippen molar-refractivity contribution in [3.63, 3.8) is 0 Å². The molecular weight excluding hydrogens is 212 g/mol. The number of benzene rings is 1. The van der Waals surface area contributed by atoms with E-state index in [4.69, 9.17) is 18.3 Å². The molecule has 1 aromatic rings. The lowest BCUT2D eigenvalue weighted by Gasteiger charge is -2.11. The molecule has 6 heteroatoms. The fraction of sp³-hybridized carbons (Fsp3) is 0. The molecule has 0 aliphatic heterocycles. The molecule has 0 radical (unpaired) electrons. The van der Waals surface area contributed by atoms with Crippen molar-refractivity contribution in [2.75, 3.05) is 0 Å². The van der Waals surface area contributed by atoms with Gasteiger partial charge in [-0.15, -0.1) is 0 Å². The molecule has 1 rings (SSSR count). The molecule has 0 atom stereocenters. The Hall–Kier alpha value is -1.09. The van der Waals surface area contributed by atoms with E-state index in [1.165, 1.54) is 24.3 Å². The first-order valence-corrected chi connectivity index (χ1v) is 4.94. The molecule has 0 heterocycles. The Bertz CT molecular complexity index is 433. The van der Waals surface area contributed by atoms with E-state index < -0.39 is 10.0 Å². The Morgan fingerprint density at radius 2 is 1.85 bits per heavy atom. The zero-order valence-electron chi connectivity index (χ0n) is 6.31.